The van der Waals surface area contributed by atoms with Gasteiger partial charge in [-0.25, -0.2) is 9.97 Å². The molecule has 162 valence electrons. The number of piperidine rings is 1. The van der Waals surface area contributed by atoms with Gasteiger partial charge in [0.2, 0.25) is 5.95 Å². The van der Waals surface area contributed by atoms with E-state index in [2.05, 4.69) is 45.0 Å². The van der Waals surface area contributed by atoms with E-state index >= 15 is 0 Å². The van der Waals surface area contributed by atoms with Crippen LogP contribution in [0.1, 0.15) is 26.2 Å². The number of anilines is 4. The Morgan fingerprint density at radius 1 is 1.06 bits per heavy atom. The van der Waals surface area contributed by atoms with Crippen molar-refractivity contribution < 1.29 is 0 Å². The molecular weight excluding hydrogens is 388 g/mol. The summed E-state index contributed by atoms with van der Waals surface area (Å²) in [5, 5.41) is 4.82. The molecular formula is C23H29N8-. The number of aromatic nitrogens is 2. The molecule has 0 saturated carbocycles. The lowest BCUT2D eigenvalue weighted by Crippen LogP contribution is -2.47. The minimum absolute atomic E-state index is 0.510. The molecule has 8 heteroatoms. The summed E-state index contributed by atoms with van der Waals surface area (Å²) in [6.07, 6.45) is 5.09. The third-order valence-electron chi connectivity index (χ3n) is 5.45. The maximum Gasteiger partial charge on any atom is 0.227 e. The zero-order valence-electron chi connectivity index (χ0n) is 17.8. The molecule has 1 unspecified atom stereocenters. The highest BCUT2D eigenvalue weighted by Crippen LogP contribution is 2.27. The first-order chi connectivity index (χ1) is 15.1. The summed E-state index contributed by atoms with van der Waals surface area (Å²) in [6, 6.07) is 18.1. The van der Waals surface area contributed by atoms with E-state index in [4.69, 9.17) is 16.6 Å². The molecule has 5 N–H and O–H groups in total. The van der Waals surface area contributed by atoms with Crippen LogP contribution in [0.3, 0.4) is 0 Å². The first-order valence-electron chi connectivity index (χ1n) is 10.7. The Kier molecular flexibility index (Phi) is 6.61. The predicted molar refractivity (Wildman–Crippen MR) is 127 cm³/mol. The van der Waals surface area contributed by atoms with Gasteiger partial charge in [0.25, 0.3) is 0 Å². The van der Waals surface area contributed by atoms with Crippen LogP contribution in [0.2, 0.25) is 0 Å². The van der Waals surface area contributed by atoms with Crippen molar-refractivity contribution in [1.82, 2.24) is 15.5 Å². The lowest BCUT2D eigenvalue weighted by atomic mass is 10.1. The number of nitrogens with two attached hydrogens (primary N) is 1. The number of hydrazine groups is 2. The molecule has 8 nitrogen and oxygen atoms in total. The molecule has 1 fully saturated rings. The first kappa shape index (κ1) is 21.0. The molecule has 1 aliphatic rings. The number of nitrogens with one attached hydrogen (secondary N) is 3. The third kappa shape index (κ3) is 5.11. The van der Waals surface area contributed by atoms with Crippen LogP contribution in [0.4, 0.5) is 23.0 Å². The van der Waals surface area contributed by atoms with Crippen molar-refractivity contribution in [3.63, 3.8) is 0 Å². The highest BCUT2D eigenvalue weighted by molar-refractivity contribution is 5.67. The van der Waals surface area contributed by atoms with Crippen molar-refractivity contribution in [2.75, 3.05) is 28.3 Å². The van der Waals surface area contributed by atoms with Crippen molar-refractivity contribution in [2.24, 2.45) is 5.84 Å². The van der Waals surface area contributed by atoms with E-state index < -0.39 is 6.17 Å². The van der Waals surface area contributed by atoms with Crippen LogP contribution in [-0.4, -0.2) is 29.2 Å². The van der Waals surface area contributed by atoms with Gasteiger partial charge in [-0.2, -0.15) is 5.53 Å². The maximum atomic E-state index is 7.84. The van der Waals surface area contributed by atoms with Crippen molar-refractivity contribution >= 4 is 23.0 Å². The van der Waals surface area contributed by atoms with E-state index in [1.54, 1.807) is 18.1 Å². The molecule has 0 spiro atoms. The maximum absolute atomic E-state index is 7.84. The smallest absolute Gasteiger partial charge is 0.227 e. The topological polar surface area (TPSA) is 106 Å². The molecule has 2 heterocycles. The summed E-state index contributed by atoms with van der Waals surface area (Å²) < 4.78 is 0. The molecule has 0 aliphatic carbocycles. The van der Waals surface area contributed by atoms with Crippen molar-refractivity contribution in [3.05, 3.63) is 66.5 Å². The van der Waals surface area contributed by atoms with Crippen LogP contribution in [-0.2, 0) is 0 Å². The highest BCUT2D eigenvalue weighted by atomic mass is 15.7. The van der Waals surface area contributed by atoms with Crippen LogP contribution in [0.5, 0.6) is 0 Å². The van der Waals surface area contributed by atoms with Gasteiger partial charge in [-0.3, -0.25) is 5.84 Å². The van der Waals surface area contributed by atoms with E-state index in [1.165, 1.54) is 24.9 Å². The molecule has 0 radical (unpaired) electrons. The van der Waals surface area contributed by atoms with Gasteiger partial charge in [0.05, 0.1) is 11.4 Å². The Hall–Kier alpha value is -3.20. The van der Waals surface area contributed by atoms with Gasteiger partial charge in [-0.05, 0) is 67.9 Å². The number of hydrogen-bond acceptors (Lipinski definition) is 7. The largest absolute Gasteiger partial charge is 0.656 e. The molecule has 1 saturated heterocycles. The molecule has 31 heavy (non-hydrogen) atoms. The van der Waals surface area contributed by atoms with Crippen LogP contribution in [0.15, 0.2) is 60.8 Å². The quantitative estimate of drug-likeness (QED) is 0.385. The Labute approximate surface area is 183 Å². The standard InChI is InChI=1S/C23H29N8/c1-17(24)31(29-25)20-10-8-19(9-11-20)27-23-26-13-12-22(28-23)18-6-5-7-21(16-18)30-14-3-2-4-15-30/h5-13,16-17,24,29H,2-4,14-15,25H2,1H3,(H,26,27,28)/q-1. The molecule has 4 rings (SSSR count). The van der Waals surface area contributed by atoms with Gasteiger partial charge in [-0.1, -0.05) is 19.1 Å². The average Bonchev–Trinajstić information content (AvgIpc) is 2.81. The monoisotopic (exact) mass is 417 g/mol. The van der Waals surface area contributed by atoms with Gasteiger partial charge >= 0.3 is 0 Å². The predicted octanol–water partition coefficient (Wildman–Crippen LogP) is 4.46. The number of hydrogen-bond donors (Lipinski definition) is 3. The zero-order valence-corrected chi connectivity index (χ0v) is 17.8. The number of nitrogens with zero attached hydrogens (tertiary/aromatic N) is 4. The second-order valence-electron chi connectivity index (χ2n) is 7.71. The van der Waals surface area contributed by atoms with E-state index in [9.17, 15) is 0 Å². The summed E-state index contributed by atoms with van der Waals surface area (Å²) in [6.45, 7) is 3.98. The van der Waals surface area contributed by atoms with E-state index in [0.29, 0.717) is 5.95 Å². The number of benzene rings is 2. The zero-order chi connectivity index (χ0) is 21.6. The second-order valence-corrected chi connectivity index (χ2v) is 7.71. The van der Waals surface area contributed by atoms with Crippen LogP contribution in [0.25, 0.3) is 17.0 Å². The molecule has 0 bridgehead atoms. The molecule has 1 aliphatic heterocycles. The van der Waals surface area contributed by atoms with Gasteiger partial charge < -0.3 is 21.0 Å². The molecule has 0 amide bonds. The van der Waals surface area contributed by atoms with E-state index in [1.807, 2.05) is 30.3 Å². The normalized spacial score (nSPS) is 14.9. The first-order valence-corrected chi connectivity index (χ1v) is 10.7. The summed E-state index contributed by atoms with van der Waals surface area (Å²) in [5.74, 6) is 6.05. The molecule has 1 atom stereocenters. The minimum atomic E-state index is -0.510. The van der Waals surface area contributed by atoms with Crippen molar-refractivity contribution in [3.8, 4) is 11.3 Å². The third-order valence-corrected chi connectivity index (χ3v) is 5.45. The molecule has 1 aromatic heterocycles. The molecule has 3 aromatic rings. The minimum Gasteiger partial charge on any atom is -0.656 e. The number of rotatable bonds is 7. The Balaban J connectivity index is 1.50. The van der Waals surface area contributed by atoms with Crippen molar-refractivity contribution in [2.45, 2.75) is 32.4 Å². The Morgan fingerprint density at radius 2 is 1.84 bits per heavy atom. The highest BCUT2D eigenvalue weighted by Gasteiger charge is 2.12. The van der Waals surface area contributed by atoms with E-state index in [0.717, 1.165) is 35.7 Å². The van der Waals surface area contributed by atoms with Gasteiger partial charge in [0, 0.05) is 36.2 Å². The lowest BCUT2D eigenvalue weighted by Gasteiger charge is -2.32. The summed E-state index contributed by atoms with van der Waals surface area (Å²) in [5.41, 5.74) is 15.3. The van der Waals surface area contributed by atoms with Gasteiger partial charge in [-0.15, -0.1) is 0 Å². The van der Waals surface area contributed by atoms with E-state index in [-0.39, 0.29) is 0 Å². The fraction of sp³-hybridized carbons (Fsp3) is 0.304. The van der Waals surface area contributed by atoms with Crippen molar-refractivity contribution in [1.29, 1.82) is 0 Å². The molecule has 2 aromatic carbocycles. The van der Waals surface area contributed by atoms with Crippen LogP contribution >= 0.6 is 0 Å². The summed E-state index contributed by atoms with van der Waals surface area (Å²) in [7, 11) is 0. The fourth-order valence-corrected chi connectivity index (χ4v) is 3.84. The van der Waals surface area contributed by atoms with Gasteiger partial charge in [0.1, 0.15) is 0 Å². The summed E-state index contributed by atoms with van der Waals surface area (Å²) >= 11 is 0. The average molecular weight is 418 g/mol. The van der Waals surface area contributed by atoms with Crippen LogP contribution < -0.4 is 26.6 Å². The van der Waals surface area contributed by atoms with Crippen LogP contribution in [0, 0.1) is 0 Å². The fourth-order valence-electron chi connectivity index (χ4n) is 3.84. The Bertz CT molecular complexity index is 983. The SMILES string of the molecule is CC([NH-])N(NN)c1ccc(Nc2nccc(-c3cccc(N4CCCCC4)c3)n2)cc1. The second kappa shape index (κ2) is 9.74. The lowest BCUT2D eigenvalue weighted by molar-refractivity contribution is 0.578. The van der Waals surface area contributed by atoms with Gasteiger partial charge in [0.15, 0.2) is 0 Å². The Morgan fingerprint density at radius 3 is 2.55 bits per heavy atom. The summed E-state index contributed by atoms with van der Waals surface area (Å²) in [4.78, 5) is 11.5.